The average Bonchev–Trinajstić information content (AvgIpc) is 1.67. The molecule has 6 aromatic carbocycles. The van der Waals surface area contributed by atoms with Gasteiger partial charge in [-0.05, 0) is 90.7 Å². The minimum atomic E-state index is -0.811. The fourth-order valence-electron chi connectivity index (χ4n) is 16.2. The molecule has 6 aromatic rings. The lowest BCUT2D eigenvalue weighted by atomic mass is 10.1. The first kappa shape index (κ1) is 124. The van der Waals surface area contributed by atoms with Crippen molar-refractivity contribution in [3.63, 3.8) is 0 Å². The minimum Gasteiger partial charge on any atom is -0.390 e. The number of aliphatic hydroxyl groups is 1. The van der Waals surface area contributed by atoms with Crippen molar-refractivity contribution in [1.82, 2.24) is 69.0 Å². The zero-order valence-corrected chi connectivity index (χ0v) is 89.2. The predicted octanol–water partition coefficient (Wildman–Crippen LogP) is 3.71. The van der Waals surface area contributed by atoms with E-state index in [2.05, 4.69) is 5.32 Å². The summed E-state index contributed by atoms with van der Waals surface area (Å²) in [6.07, 6.45) is 2.12. The average molecular weight is 2100 g/mol. The molecule has 1 saturated heterocycles. The summed E-state index contributed by atoms with van der Waals surface area (Å²) in [7, 11) is 8.51. The number of likely N-dealkylation sites (tertiary alicyclic amines) is 1. The molecule has 0 saturated carbocycles. The van der Waals surface area contributed by atoms with Crippen LogP contribution in [0.4, 0.5) is 0 Å². The maximum Gasteiger partial charge on any atom is 0.242 e. The molecule has 7 rings (SSSR count). The van der Waals surface area contributed by atoms with Crippen LogP contribution >= 0.6 is 11.8 Å². The molecule has 0 spiro atoms. The van der Waals surface area contributed by atoms with Gasteiger partial charge in [-0.3, -0.25) is 81.6 Å². The largest absolute Gasteiger partial charge is 0.390 e. The highest BCUT2D eigenvalue weighted by atomic mass is 32.2. The number of thioether (sulfide) groups is 1. The van der Waals surface area contributed by atoms with Crippen molar-refractivity contribution in [1.29, 1.82) is 0 Å². The summed E-state index contributed by atoms with van der Waals surface area (Å²) in [6.45, 7) is -3.18. The molecule has 4 N–H and O–H groups in total. The fourth-order valence-corrected chi connectivity index (χ4v) is 17.3. The van der Waals surface area contributed by atoms with Crippen LogP contribution in [0.3, 0.4) is 0 Å². The van der Waals surface area contributed by atoms with E-state index in [9.17, 15) is 48.3 Å². The zero-order valence-electron chi connectivity index (χ0n) is 88.4. The number of hydrogen-bond acceptors (Lipinski definition) is 25. The second-order valence-corrected chi connectivity index (χ2v) is 38.3. The monoisotopic (exact) mass is 2100 g/mol. The third-order valence-corrected chi connectivity index (χ3v) is 26.4. The number of methoxy groups -OCH3 is 6. The Bertz CT molecular complexity index is 5110. The molecule has 150 heavy (non-hydrogen) atoms. The van der Waals surface area contributed by atoms with Gasteiger partial charge in [-0.25, -0.2) is 0 Å². The Labute approximate surface area is 886 Å². The predicted molar refractivity (Wildman–Crippen MR) is 566 cm³/mol. The van der Waals surface area contributed by atoms with Crippen LogP contribution in [0, 0.1) is 5.92 Å². The van der Waals surface area contributed by atoms with E-state index in [0.29, 0.717) is 44.6 Å². The van der Waals surface area contributed by atoms with Gasteiger partial charge in [0.1, 0.15) is 0 Å². The first-order valence-electron chi connectivity index (χ1n) is 51.2. The molecule has 1 aliphatic rings. The molecule has 1 fully saturated rings. The van der Waals surface area contributed by atoms with Crippen molar-refractivity contribution in [2.75, 3.05) is 271 Å². The Kier molecular flexibility index (Phi) is 58.6. The molecule has 2 atom stereocenters. The number of ether oxygens (including phenoxy) is 7. The Morgan fingerprint density at radius 2 is 0.573 bits per heavy atom. The number of benzene rings is 6. The summed E-state index contributed by atoms with van der Waals surface area (Å²) in [5.74, 6) is -9.11. The number of primary amides is 1. The Hall–Kier alpha value is -12.9. The fraction of sp³-hybridized carbons (Fsp3) is 0.527. The van der Waals surface area contributed by atoms with Crippen molar-refractivity contribution in [3.05, 3.63) is 215 Å². The molecule has 1 aliphatic heterocycles. The van der Waals surface area contributed by atoms with Gasteiger partial charge in [-0.15, -0.1) is 11.8 Å². The van der Waals surface area contributed by atoms with Crippen molar-refractivity contribution >= 4 is 106 Å². The number of nitrogens with two attached hydrogens (primary N) is 1. The van der Waals surface area contributed by atoms with Crippen LogP contribution in [0.1, 0.15) is 85.8 Å². The number of carbonyl (C=O) groups excluding carboxylic acids is 16. The lowest BCUT2D eigenvalue weighted by Crippen LogP contribution is -2.54. The van der Waals surface area contributed by atoms with Gasteiger partial charge in [-0.2, -0.15) is 0 Å². The maximum atomic E-state index is 15.4. The second-order valence-electron chi connectivity index (χ2n) is 37.0. The number of rotatable bonds is 76. The first-order valence-corrected chi connectivity index (χ1v) is 52.2. The molecular weight excluding hydrogens is 1950 g/mol. The van der Waals surface area contributed by atoms with Gasteiger partial charge in [0, 0.05) is 166 Å². The standard InChI is InChI=1S/C110H155N15O24S/c1-86(2)83-149-84-93(126)85-150-94-70-98(130)125(110(94)142)57-49-96(128)112-50-29-15-28-42-97(129)113(51-43-87-30-16-9-17-31-87)72-105(137)120(59-65-144-4)78-100(132)115(53-45-89-34-20-11-21-35-89)74-107(139)122(61-67-146-6)80-102(134)117(55-47-91-38-24-13-25-39-91)76-109(141)124(63-69-148-8)82-103(135)118(56-48-92-40-26-14-27-41-92)77-108(140)123(62-68-147-7)81-101(133)116(54-46-90-36-22-12-23-37-90)75-106(138)121(60-66-145-5)79-99(131)114(52-44-88-32-18-10-19-33-88)73-104(136)119(58-64-143-3)71-95(111)127/h9-14,16-27,30-41,86,93-94,126H,15,28-29,42-85H2,1-8H3,(H2,111,127)(H,112,128). The number of unbranched alkanes of at least 4 members (excludes halogenated alkanes) is 2. The molecular formula is C110H155N15O24S. The molecule has 0 bridgehead atoms. The number of nitrogens with one attached hydrogen (secondary N) is 1. The number of hydrogen-bond donors (Lipinski definition) is 3. The molecule has 39 nitrogen and oxygen atoms in total. The van der Waals surface area contributed by atoms with E-state index in [4.69, 9.17) is 38.9 Å². The highest BCUT2D eigenvalue weighted by Gasteiger charge is 2.40. The molecule has 820 valence electrons. The van der Waals surface area contributed by atoms with Crippen LogP contribution in [-0.4, -0.2) is 446 Å². The molecule has 0 aliphatic carbocycles. The van der Waals surface area contributed by atoms with Gasteiger partial charge >= 0.3 is 0 Å². The second kappa shape index (κ2) is 70.9. The topological polar surface area (TPSA) is 438 Å². The molecule has 0 aromatic heterocycles. The van der Waals surface area contributed by atoms with E-state index in [1.807, 2.05) is 196 Å². The van der Waals surface area contributed by atoms with Gasteiger partial charge in [0.15, 0.2) is 0 Å². The third kappa shape index (κ3) is 47.5. The Morgan fingerprint density at radius 1 is 0.333 bits per heavy atom. The van der Waals surface area contributed by atoms with Crippen LogP contribution in [0.2, 0.25) is 0 Å². The minimum absolute atomic E-state index is 0.00307. The highest BCUT2D eigenvalue weighted by Crippen LogP contribution is 2.27. The van der Waals surface area contributed by atoms with Gasteiger partial charge in [-0.1, -0.05) is 202 Å². The number of nitrogens with zero attached hydrogens (tertiary/aromatic N) is 13. The van der Waals surface area contributed by atoms with Crippen molar-refractivity contribution in [2.45, 2.75) is 102 Å². The SMILES string of the molecule is COCCN(CC(N)=O)C(=O)CN(CCc1ccccc1)C(=O)CN(CCOC)C(=O)CN(CCc1ccccc1)C(=O)CN(CCOC)C(=O)CN(CCc1ccccc1)C(=O)CN(CCOC)C(=O)CN(CCc1ccccc1)C(=O)CN(CCOC)C(=O)CN(CCc1ccccc1)C(=O)CN(CCOC)C(=O)CN(CCc1ccccc1)C(=O)CCCCCNC(=O)CCN1C(=O)CC(SCC(O)COCC(C)C)C1=O. The van der Waals surface area contributed by atoms with Crippen LogP contribution in [0.25, 0.3) is 0 Å². The van der Waals surface area contributed by atoms with E-state index in [1.165, 1.54) is 113 Å². The van der Waals surface area contributed by atoms with E-state index in [0.717, 1.165) is 38.3 Å². The van der Waals surface area contributed by atoms with Gasteiger partial charge in [0.2, 0.25) is 94.5 Å². The number of amides is 16. The van der Waals surface area contributed by atoms with E-state index in [1.54, 1.807) is 0 Å². The van der Waals surface area contributed by atoms with Gasteiger partial charge in [0.25, 0.3) is 0 Å². The smallest absolute Gasteiger partial charge is 0.242 e. The molecule has 40 heteroatoms. The molecule has 2 unspecified atom stereocenters. The van der Waals surface area contributed by atoms with Crippen LogP contribution in [0.5, 0.6) is 0 Å². The highest BCUT2D eigenvalue weighted by molar-refractivity contribution is 8.00. The lowest BCUT2D eigenvalue weighted by molar-refractivity contribution is -0.149. The summed E-state index contributed by atoms with van der Waals surface area (Å²) < 4.78 is 38.2. The van der Waals surface area contributed by atoms with E-state index < -0.39 is 167 Å². The van der Waals surface area contributed by atoms with E-state index in [-0.39, 0.29) is 206 Å². The van der Waals surface area contributed by atoms with E-state index >= 15 is 33.6 Å². The van der Waals surface area contributed by atoms with Crippen LogP contribution < -0.4 is 11.1 Å². The maximum absolute atomic E-state index is 15.4. The van der Waals surface area contributed by atoms with Gasteiger partial charge < -0.3 is 108 Å². The van der Waals surface area contributed by atoms with Crippen LogP contribution in [-0.2, 0) is 148 Å². The summed E-state index contributed by atoms with van der Waals surface area (Å²) in [5.41, 5.74) is 10.5. The number of aliphatic hydroxyl groups excluding tert-OH is 1. The summed E-state index contributed by atoms with van der Waals surface area (Å²) >= 11 is 1.19. The van der Waals surface area contributed by atoms with Gasteiger partial charge in [0.05, 0.1) is 136 Å². The van der Waals surface area contributed by atoms with Crippen molar-refractivity contribution in [3.8, 4) is 0 Å². The molecule has 0 radical (unpaired) electrons. The first-order chi connectivity index (χ1) is 72.4. The zero-order chi connectivity index (χ0) is 109. The van der Waals surface area contributed by atoms with Crippen molar-refractivity contribution < 1.29 is 115 Å². The summed E-state index contributed by atoms with van der Waals surface area (Å²) in [5, 5.41) is 12.5. The summed E-state index contributed by atoms with van der Waals surface area (Å²) in [6, 6.07) is 55.3. The molecule has 16 amide bonds. The van der Waals surface area contributed by atoms with Crippen LogP contribution in [0.15, 0.2) is 182 Å². The normalized spacial score (nSPS) is 12.4. The number of imide groups is 1. The Morgan fingerprint density at radius 3 is 0.813 bits per heavy atom. The quantitative estimate of drug-likeness (QED) is 0.0362. The molecule has 1 heterocycles. The van der Waals surface area contributed by atoms with Crippen molar-refractivity contribution in [2.24, 2.45) is 11.7 Å². The Balaban J connectivity index is 1.08. The lowest BCUT2D eigenvalue weighted by Gasteiger charge is -2.33. The summed E-state index contributed by atoms with van der Waals surface area (Å²) in [4.78, 5) is 248. The third-order valence-electron chi connectivity index (χ3n) is 25.0. The number of carbonyl (C=O) groups is 16.